The predicted octanol–water partition coefficient (Wildman–Crippen LogP) is 1.97. The fourth-order valence-corrected chi connectivity index (χ4v) is 3.94. The largest absolute Gasteiger partial charge is 0.375 e. The highest BCUT2D eigenvalue weighted by Gasteiger charge is 2.47. The zero-order chi connectivity index (χ0) is 23.8. The Hall–Kier alpha value is -3.89. The van der Waals surface area contributed by atoms with Crippen molar-refractivity contribution in [2.75, 3.05) is 5.32 Å². The average molecular weight is 509 g/mol. The number of rotatable bonds is 5. The Balaban J connectivity index is 1.75. The molecule has 0 aliphatic carbocycles. The maximum atomic E-state index is 13.3. The molecule has 9 nitrogen and oxygen atoms in total. The number of ketones is 1. The lowest BCUT2D eigenvalue weighted by Crippen LogP contribution is -2.40. The number of hydrazone groups is 1. The van der Waals surface area contributed by atoms with Crippen molar-refractivity contribution in [2.45, 2.75) is 12.0 Å². The molecular weight excluding hydrogens is 492 g/mol. The van der Waals surface area contributed by atoms with Gasteiger partial charge in [0.05, 0.1) is 0 Å². The van der Waals surface area contributed by atoms with Crippen LogP contribution in [-0.2, 0) is 20.0 Å². The van der Waals surface area contributed by atoms with Gasteiger partial charge in [0.1, 0.15) is 5.71 Å². The number of aliphatic hydroxyl groups is 1. The fraction of sp³-hybridized carbons (Fsp3) is 0.0870. The topological polar surface area (TPSA) is 151 Å². The second kappa shape index (κ2) is 8.57. The number of benzene rings is 3. The summed E-state index contributed by atoms with van der Waals surface area (Å²) in [5.41, 5.74) is 5.21. The summed E-state index contributed by atoms with van der Waals surface area (Å²) in [5.74, 6) is -3.95. The second-order valence-corrected chi connectivity index (χ2v) is 8.35. The first-order chi connectivity index (χ1) is 15.7. The summed E-state index contributed by atoms with van der Waals surface area (Å²) in [6.07, 6.45) is -0.563. The van der Waals surface area contributed by atoms with E-state index in [1.165, 1.54) is 0 Å². The zero-order valence-corrected chi connectivity index (χ0v) is 18.5. The molecule has 0 fully saturated rings. The number of carbonyl (C=O) groups excluding carboxylic acids is 4. The van der Waals surface area contributed by atoms with E-state index in [4.69, 9.17) is 5.73 Å². The Bertz CT molecular complexity index is 1370. The molecule has 0 radical (unpaired) electrons. The van der Waals surface area contributed by atoms with Gasteiger partial charge in [-0.05, 0) is 35.0 Å². The summed E-state index contributed by atoms with van der Waals surface area (Å²) in [4.78, 5) is 48.8. The number of amides is 3. The van der Waals surface area contributed by atoms with Crippen molar-refractivity contribution in [1.29, 1.82) is 0 Å². The molecule has 3 aromatic carbocycles. The number of hydrogen-bond acceptors (Lipinski definition) is 6. The molecule has 1 aliphatic heterocycles. The van der Waals surface area contributed by atoms with Crippen molar-refractivity contribution in [2.24, 2.45) is 10.8 Å². The van der Waals surface area contributed by atoms with Crippen LogP contribution >= 0.6 is 15.9 Å². The molecule has 1 heterocycles. The molecular formula is C23H17BrN4O5. The fourth-order valence-electron chi connectivity index (χ4n) is 3.57. The Labute approximate surface area is 195 Å². The lowest BCUT2D eigenvalue weighted by molar-refractivity contribution is -0.137. The lowest BCUT2D eigenvalue weighted by Gasteiger charge is -2.21. The van der Waals surface area contributed by atoms with Crippen LogP contribution in [0, 0.1) is 0 Å². The standard InChI is InChI=1S/C23H17BrN4O5/c24-15-7-8-17-16(10-15)23(33,22(32)26-17)11-18(27-28-21(31)20(25)30)19(29)14-6-5-12-3-1-2-4-13(12)9-14/h1-10,33H,11H2,(H2,25,30)(H,26,32)(H,28,31)/b27-18+/t23-/m1/s1. The maximum absolute atomic E-state index is 13.3. The van der Waals surface area contributed by atoms with E-state index >= 15 is 0 Å². The summed E-state index contributed by atoms with van der Waals surface area (Å²) >= 11 is 3.30. The van der Waals surface area contributed by atoms with Gasteiger partial charge in [0.25, 0.3) is 5.91 Å². The van der Waals surface area contributed by atoms with Crippen molar-refractivity contribution in [3.8, 4) is 0 Å². The van der Waals surface area contributed by atoms with E-state index in [0.717, 1.165) is 10.8 Å². The average Bonchev–Trinajstić information content (AvgIpc) is 3.05. The lowest BCUT2D eigenvalue weighted by atomic mass is 9.87. The predicted molar refractivity (Wildman–Crippen MR) is 124 cm³/mol. The van der Waals surface area contributed by atoms with Gasteiger partial charge in [0, 0.05) is 27.7 Å². The number of halogens is 1. The molecule has 0 unspecified atom stereocenters. The summed E-state index contributed by atoms with van der Waals surface area (Å²) < 4.78 is 0.609. The molecule has 3 aromatic rings. The quantitative estimate of drug-likeness (QED) is 0.180. The van der Waals surface area contributed by atoms with Crippen LogP contribution in [0.3, 0.4) is 0 Å². The van der Waals surface area contributed by atoms with Crippen molar-refractivity contribution in [3.05, 3.63) is 76.3 Å². The minimum atomic E-state index is -2.14. The highest BCUT2D eigenvalue weighted by atomic mass is 79.9. The van der Waals surface area contributed by atoms with Crippen LogP contribution in [-0.4, -0.2) is 34.3 Å². The van der Waals surface area contributed by atoms with Gasteiger partial charge in [0.15, 0.2) is 5.60 Å². The first kappa shape index (κ1) is 22.3. The third-order valence-electron chi connectivity index (χ3n) is 5.26. The van der Waals surface area contributed by atoms with E-state index in [1.807, 2.05) is 29.7 Å². The molecule has 0 bridgehead atoms. The van der Waals surface area contributed by atoms with E-state index in [1.54, 1.807) is 36.4 Å². The van der Waals surface area contributed by atoms with Gasteiger partial charge in [-0.2, -0.15) is 5.10 Å². The molecule has 0 aromatic heterocycles. The molecule has 5 N–H and O–H groups in total. The first-order valence-corrected chi connectivity index (χ1v) is 10.5. The molecule has 0 saturated carbocycles. The minimum Gasteiger partial charge on any atom is -0.375 e. The smallest absolute Gasteiger partial charge is 0.329 e. The number of hydrogen-bond donors (Lipinski definition) is 4. The number of nitrogens with zero attached hydrogens (tertiary/aromatic N) is 1. The first-order valence-electron chi connectivity index (χ1n) is 9.73. The van der Waals surface area contributed by atoms with E-state index in [0.29, 0.717) is 10.2 Å². The highest BCUT2D eigenvalue weighted by molar-refractivity contribution is 9.10. The molecule has 1 atom stereocenters. The van der Waals surface area contributed by atoms with Crippen LogP contribution in [0.4, 0.5) is 5.69 Å². The van der Waals surface area contributed by atoms with Crippen LogP contribution in [0.15, 0.2) is 70.2 Å². The zero-order valence-electron chi connectivity index (χ0n) is 17.0. The SMILES string of the molecule is NC(=O)C(=O)N/N=C(\C[C@]1(O)C(=O)Nc2ccc(Br)cc21)C(=O)c1ccc2ccccc2c1. The van der Waals surface area contributed by atoms with Crippen LogP contribution < -0.4 is 16.5 Å². The molecule has 4 rings (SSSR count). The number of Topliss-reactive ketones (excluding diaryl/α,β-unsaturated/α-hetero) is 1. The molecule has 0 saturated heterocycles. The normalized spacial score (nSPS) is 17.4. The van der Waals surface area contributed by atoms with E-state index in [-0.39, 0.29) is 16.8 Å². The molecule has 10 heteroatoms. The molecule has 0 spiro atoms. The summed E-state index contributed by atoms with van der Waals surface area (Å²) in [6, 6.07) is 17.2. The minimum absolute atomic E-state index is 0.220. The van der Waals surface area contributed by atoms with E-state index < -0.39 is 35.5 Å². The van der Waals surface area contributed by atoms with Gasteiger partial charge in [0.2, 0.25) is 5.78 Å². The van der Waals surface area contributed by atoms with Crippen molar-refractivity contribution in [1.82, 2.24) is 5.43 Å². The Morgan fingerprint density at radius 3 is 2.52 bits per heavy atom. The number of primary amides is 1. The van der Waals surface area contributed by atoms with Crippen molar-refractivity contribution in [3.63, 3.8) is 0 Å². The van der Waals surface area contributed by atoms with Gasteiger partial charge >= 0.3 is 11.8 Å². The van der Waals surface area contributed by atoms with Gasteiger partial charge in [-0.3, -0.25) is 19.2 Å². The van der Waals surface area contributed by atoms with Crippen LogP contribution in [0.2, 0.25) is 0 Å². The highest BCUT2D eigenvalue weighted by Crippen LogP contribution is 2.40. The Kier molecular flexibility index (Phi) is 5.79. The number of nitrogens with one attached hydrogen (secondary N) is 2. The molecule has 1 aliphatic rings. The Morgan fingerprint density at radius 1 is 1.06 bits per heavy atom. The van der Waals surface area contributed by atoms with Gasteiger partial charge in [-0.15, -0.1) is 0 Å². The molecule has 33 heavy (non-hydrogen) atoms. The third kappa shape index (κ3) is 4.26. The van der Waals surface area contributed by atoms with Gasteiger partial charge in [-0.25, -0.2) is 5.43 Å². The van der Waals surface area contributed by atoms with E-state index in [9.17, 15) is 24.3 Å². The van der Waals surface area contributed by atoms with Crippen LogP contribution in [0.1, 0.15) is 22.3 Å². The third-order valence-corrected chi connectivity index (χ3v) is 5.76. The number of anilines is 1. The maximum Gasteiger partial charge on any atom is 0.329 e. The van der Waals surface area contributed by atoms with Gasteiger partial charge in [-0.1, -0.05) is 52.3 Å². The molecule has 3 amide bonds. The second-order valence-electron chi connectivity index (χ2n) is 7.44. The monoisotopic (exact) mass is 508 g/mol. The van der Waals surface area contributed by atoms with Gasteiger partial charge < -0.3 is 16.2 Å². The van der Waals surface area contributed by atoms with Crippen molar-refractivity contribution < 1.29 is 24.3 Å². The summed E-state index contributed by atoms with van der Waals surface area (Å²) in [7, 11) is 0. The van der Waals surface area contributed by atoms with Crippen molar-refractivity contribution >= 4 is 61.6 Å². The molecule has 166 valence electrons. The number of nitrogens with two attached hydrogens (primary N) is 1. The summed E-state index contributed by atoms with van der Waals surface area (Å²) in [6.45, 7) is 0. The van der Waals surface area contributed by atoms with Crippen LogP contribution in [0.25, 0.3) is 10.8 Å². The number of carbonyl (C=O) groups is 4. The van der Waals surface area contributed by atoms with E-state index in [2.05, 4.69) is 26.3 Å². The van der Waals surface area contributed by atoms with Crippen LogP contribution in [0.5, 0.6) is 0 Å². The summed E-state index contributed by atoms with van der Waals surface area (Å²) in [5, 5.41) is 19.3. The number of fused-ring (bicyclic) bond motifs is 2. The Morgan fingerprint density at radius 2 is 1.79 bits per heavy atom.